The standard InChI is InChI=1S/C13H10BrCl2NO/c14-9-5-11(16)13(6-10(9)15)18-12-4-2-1-3-8(12)7-17/h1-6H,7,17H2. The largest absolute Gasteiger partial charge is 0.455 e. The van der Waals surface area contributed by atoms with Gasteiger partial charge in [-0.05, 0) is 28.1 Å². The van der Waals surface area contributed by atoms with E-state index in [4.69, 9.17) is 33.7 Å². The van der Waals surface area contributed by atoms with Gasteiger partial charge in [0, 0.05) is 22.6 Å². The minimum atomic E-state index is 0.401. The average molecular weight is 347 g/mol. The van der Waals surface area contributed by atoms with Crippen molar-refractivity contribution >= 4 is 39.1 Å². The highest BCUT2D eigenvalue weighted by Crippen LogP contribution is 2.37. The van der Waals surface area contributed by atoms with Gasteiger partial charge in [0.25, 0.3) is 0 Å². The van der Waals surface area contributed by atoms with Crippen molar-refractivity contribution in [3.8, 4) is 11.5 Å². The van der Waals surface area contributed by atoms with Crippen LogP contribution in [-0.2, 0) is 6.54 Å². The summed E-state index contributed by atoms with van der Waals surface area (Å²) in [6, 6.07) is 10.9. The molecule has 0 aliphatic carbocycles. The summed E-state index contributed by atoms with van der Waals surface area (Å²) in [5.41, 5.74) is 6.56. The van der Waals surface area contributed by atoms with Crippen LogP contribution in [0.5, 0.6) is 11.5 Å². The minimum absolute atomic E-state index is 0.401. The molecule has 0 radical (unpaired) electrons. The van der Waals surface area contributed by atoms with Gasteiger partial charge in [0.05, 0.1) is 10.0 Å². The summed E-state index contributed by atoms with van der Waals surface area (Å²) >= 11 is 15.4. The SMILES string of the molecule is NCc1ccccc1Oc1cc(Cl)c(Br)cc1Cl. The molecule has 0 bridgehead atoms. The van der Waals surface area contributed by atoms with Gasteiger partial charge in [0.15, 0.2) is 0 Å². The zero-order valence-corrected chi connectivity index (χ0v) is 12.4. The molecular weight excluding hydrogens is 337 g/mol. The predicted molar refractivity (Wildman–Crippen MR) is 78.6 cm³/mol. The molecule has 0 aliphatic rings. The molecule has 0 aromatic heterocycles. The zero-order valence-electron chi connectivity index (χ0n) is 9.29. The van der Waals surface area contributed by atoms with Crippen molar-refractivity contribution in [2.24, 2.45) is 5.73 Å². The van der Waals surface area contributed by atoms with E-state index >= 15 is 0 Å². The van der Waals surface area contributed by atoms with Crippen LogP contribution >= 0.6 is 39.1 Å². The fraction of sp³-hybridized carbons (Fsp3) is 0.0769. The summed E-state index contributed by atoms with van der Waals surface area (Å²) in [6.45, 7) is 0.401. The van der Waals surface area contributed by atoms with Crippen molar-refractivity contribution < 1.29 is 4.74 Å². The first-order valence-electron chi connectivity index (χ1n) is 5.22. The third-order valence-electron chi connectivity index (χ3n) is 2.39. The molecule has 0 aliphatic heterocycles. The van der Waals surface area contributed by atoms with Gasteiger partial charge in [-0.2, -0.15) is 0 Å². The topological polar surface area (TPSA) is 35.2 Å². The van der Waals surface area contributed by atoms with E-state index in [1.165, 1.54) is 0 Å². The Kier molecular flexibility index (Phi) is 4.51. The van der Waals surface area contributed by atoms with Gasteiger partial charge in [0.1, 0.15) is 11.5 Å². The first-order chi connectivity index (χ1) is 8.61. The van der Waals surface area contributed by atoms with Crippen LogP contribution in [0.2, 0.25) is 10.0 Å². The maximum Gasteiger partial charge on any atom is 0.147 e. The smallest absolute Gasteiger partial charge is 0.147 e. The molecule has 2 rings (SSSR count). The van der Waals surface area contributed by atoms with Crippen molar-refractivity contribution in [2.45, 2.75) is 6.54 Å². The Hall–Kier alpha value is -0.740. The van der Waals surface area contributed by atoms with Crippen molar-refractivity contribution in [2.75, 3.05) is 0 Å². The normalized spacial score (nSPS) is 10.4. The average Bonchev–Trinajstić information content (AvgIpc) is 2.36. The fourth-order valence-electron chi connectivity index (χ4n) is 1.47. The van der Waals surface area contributed by atoms with Gasteiger partial charge in [-0.3, -0.25) is 0 Å². The molecule has 2 aromatic carbocycles. The third kappa shape index (κ3) is 2.98. The second-order valence-corrected chi connectivity index (χ2v) is 5.28. The quantitative estimate of drug-likeness (QED) is 0.793. The lowest BCUT2D eigenvalue weighted by atomic mass is 10.2. The van der Waals surface area contributed by atoms with Gasteiger partial charge in [-0.15, -0.1) is 0 Å². The van der Waals surface area contributed by atoms with Crippen molar-refractivity contribution in [1.82, 2.24) is 0 Å². The lowest BCUT2D eigenvalue weighted by Gasteiger charge is -2.11. The van der Waals surface area contributed by atoms with Crippen LogP contribution in [0, 0.1) is 0 Å². The molecule has 0 unspecified atom stereocenters. The second-order valence-electron chi connectivity index (χ2n) is 3.61. The highest BCUT2D eigenvalue weighted by Gasteiger charge is 2.09. The molecule has 0 heterocycles. The zero-order chi connectivity index (χ0) is 13.1. The van der Waals surface area contributed by atoms with Crippen LogP contribution in [0.15, 0.2) is 40.9 Å². The van der Waals surface area contributed by atoms with Crippen LogP contribution in [0.4, 0.5) is 0 Å². The highest BCUT2D eigenvalue weighted by atomic mass is 79.9. The van der Waals surface area contributed by atoms with Crippen molar-refractivity contribution in [1.29, 1.82) is 0 Å². The molecule has 2 nitrogen and oxygen atoms in total. The molecule has 18 heavy (non-hydrogen) atoms. The van der Waals surface area contributed by atoms with E-state index in [-0.39, 0.29) is 0 Å². The molecule has 0 amide bonds. The van der Waals surface area contributed by atoms with Crippen LogP contribution in [-0.4, -0.2) is 0 Å². The summed E-state index contributed by atoms with van der Waals surface area (Å²) in [5.74, 6) is 1.19. The highest BCUT2D eigenvalue weighted by molar-refractivity contribution is 9.10. The lowest BCUT2D eigenvalue weighted by molar-refractivity contribution is 0.476. The van der Waals surface area contributed by atoms with E-state index in [1.807, 2.05) is 24.3 Å². The molecule has 94 valence electrons. The Bertz CT molecular complexity index is 575. The van der Waals surface area contributed by atoms with Crippen molar-refractivity contribution in [3.05, 3.63) is 56.5 Å². The first kappa shape index (κ1) is 13.7. The van der Waals surface area contributed by atoms with Crippen LogP contribution in [0.1, 0.15) is 5.56 Å². The molecular formula is C13H10BrCl2NO. The summed E-state index contributed by atoms with van der Waals surface area (Å²) < 4.78 is 6.48. The van der Waals surface area contributed by atoms with E-state index in [2.05, 4.69) is 15.9 Å². The van der Waals surface area contributed by atoms with Crippen LogP contribution < -0.4 is 10.5 Å². The predicted octanol–water partition coefficient (Wildman–Crippen LogP) is 5.01. The number of ether oxygens (including phenoxy) is 1. The molecule has 0 saturated heterocycles. The molecule has 2 N–H and O–H groups in total. The molecule has 0 atom stereocenters. The molecule has 0 saturated carbocycles. The van der Waals surface area contributed by atoms with E-state index < -0.39 is 0 Å². The Morgan fingerprint density at radius 2 is 1.78 bits per heavy atom. The Morgan fingerprint density at radius 1 is 1.06 bits per heavy atom. The number of hydrogen-bond acceptors (Lipinski definition) is 2. The van der Waals surface area contributed by atoms with Crippen molar-refractivity contribution in [3.63, 3.8) is 0 Å². The van der Waals surface area contributed by atoms with Gasteiger partial charge >= 0.3 is 0 Å². The maximum absolute atomic E-state index is 6.10. The lowest BCUT2D eigenvalue weighted by Crippen LogP contribution is -1.99. The van der Waals surface area contributed by atoms with Gasteiger partial charge in [0.2, 0.25) is 0 Å². The summed E-state index contributed by atoms with van der Waals surface area (Å²) in [4.78, 5) is 0. The maximum atomic E-state index is 6.10. The van der Waals surface area contributed by atoms with Crippen LogP contribution in [0.3, 0.4) is 0 Å². The molecule has 5 heteroatoms. The van der Waals surface area contributed by atoms with E-state index in [0.717, 1.165) is 10.0 Å². The van der Waals surface area contributed by atoms with Crippen LogP contribution in [0.25, 0.3) is 0 Å². The Balaban J connectivity index is 2.37. The number of nitrogens with two attached hydrogens (primary N) is 1. The van der Waals surface area contributed by atoms with E-state index in [0.29, 0.717) is 28.1 Å². The third-order valence-corrected chi connectivity index (χ3v) is 3.88. The Morgan fingerprint density at radius 3 is 2.50 bits per heavy atom. The summed E-state index contributed by atoms with van der Waals surface area (Å²) in [6.07, 6.45) is 0. The number of rotatable bonds is 3. The van der Waals surface area contributed by atoms with E-state index in [9.17, 15) is 0 Å². The first-order valence-corrected chi connectivity index (χ1v) is 6.77. The van der Waals surface area contributed by atoms with Gasteiger partial charge in [-0.25, -0.2) is 0 Å². The number of hydrogen-bond donors (Lipinski definition) is 1. The number of para-hydroxylation sites is 1. The molecule has 2 aromatic rings. The molecule has 0 fully saturated rings. The summed E-state index contributed by atoms with van der Waals surface area (Å²) in [7, 11) is 0. The molecule has 0 spiro atoms. The number of benzene rings is 2. The van der Waals surface area contributed by atoms with E-state index in [1.54, 1.807) is 12.1 Å². The monoisotopic (exact) mass is 345 g/mol. The Labute approximate surface area is 124 Å². The number of halogens is 3. The second kappa shape index (κ2) is 5.93. The fourth-order valence-corrected chi connectivity index (χ4v) is 2.30. The minimum Gasteiger partial charge on any atom is -0.455 e. The summed E-state index contributed by atoms with van der Waals surface area (Å²) in [5, 5.41) is 1.03. The van der Waals surface area contributed by atoms with Gasteiger partial charge < -0.3 is 10.5 Å². The van der Waals surface area contributed by atoms with Gasteiger partial charge in [-0.1, -0.05) is 41.4 Å².